The van der Waals surface area contributed by atoms with Gasteiger partial charge in [-0.1, -0.05) is 13.8 Å². The van der Waals surface area contributed by atoms with E-state index in [4.69, 9.17) is 4.98 Å². The maximum Gasteiger partial charge on any atom is 0.116 e. The normalized spacial score (nSPS) is 20.3. The van der Waals surface area contributed by atoms with Gasteiger partial charge in [-0.3, -0.25) is 4.98 Å². The molecule has 0 aliphatic carbocycles. The number of piperidine rings is 1. The summed E-state index contributed by atoms with van der Waals surface area (Å²) in [5.74, 6) is 1.84. The zero-order valence-electron chi connectivity index (χ0n) is 13.6. The molecule has 1 atom stereocenters. The van der Waals surface area contributed by atoms with Crippen molar-refractivity contribution in [3.63, 3.8) is 0 Å². The molecule has 3 heterocycles. The van der Waals surface area contributed by atoms with Crippen molar-refractivity contribution in [2.24, 2.45) is 5.92 Å². The van der Waals surface area contributed by atoms with Crippen molar-refractivity contribution in [1.29, 1.82) is 0 Å². The smallest absolute Gasteiger partial charge is 0.116 e. The van der Waals surface area contributed by atoms with Gasteiger partial charge in [0.05, 0.1) is 11.7 Å². The second kappa shape index (κ2) is 5.41. The molecule has 1 saturated heterocycles. The van der Waals surface area contributed by atoms with Crippen molar-refractivity contribution >= 4 is 11.0 Å². The van der Waals surface area contributed by atoms with Gasteiger partial charge in [0.25, 0.3) is 0 Å². The van der Waals surface area contributed by atoms with Crippen molar-refractivity contribution in [3.05, 3.63) is 24.3 Å². The molecule has 21 heavy (non-hydrogen) atoms. The van der Waals surface area contributed by atoms with E-state index in [1.54, 1.807) is 0 Å². The minimum atomic E-state index is 0.0662. The van der Waals surface area contributed by atoms with Gasteiger partial charge in [-0.15, -0.1) is 0 Å². The lowest BCUT2D eigenvalue weighted by atomic mass is 9.74. The summed E-state index contributed by atoms with van der Waals surface area (Å²) < 4.78 is 2.39. The zero-order chi connectivity index (χ0) is 15.0. The van der Waals surface area contributed by atoms with Gasteiger partial charge in [0.15, 0.2) is 0 Å². The predicted molar refractivity (Wildman–Crippen MR) is 86.5 cm³/mol. The van der Waals surface area contributed by atoms with E-state index in [1.165, 1.54) is 24.2 Å². The average Bonchev–Trinajstić information content (AvgIpc) is 2.88. The average molecular weight is 286 g/mol. The van der Waals surface area contributed by atoms with Crippen LogP contribution in [0.3, 0.4) is 0 Å². The number of nitrogens with zero attached hydrogens (tertiary/aromatic N) is 3. The summed E-state index contributed by atoms with van der Waals surface area (Å²) in [7, 11) is 0. The van der Waals surface area contributed by atoms with Crippen molar-refractivity contribution < 1.29 is 0 Å². The van der Waals surface area contributed by atoms with E-state index in [-0.39, 0.29) is 5.41 Å². The van der Waals surface area contributed by atoms with Crippen LogP contribution in [0.15, 0.2) is 18.5 Å². The van der Waals surface area contributed by atoms with Crippen LogP contribution in [0.2, 0.25) is 0 Å². The minimum Gasteiger partial charge on any atom is -0.325 e. The third-order valence-electron chi connectivity index (χ3n) is 4.90. The number of nitrogens with one attached hydrogen (secondary N) is 1. The Morgan fingerprint density at radius 2 is 2.19 bits per heavy atom. The summed E-state index contributed by atoms with van der Waals surface area (Å²) in [6.45, 7) is 11.4. The highest BCUT2D eigenvalue weighted by molar-refractivity contribution is 5.75. The molecule has 0 saturated carbocycles. The quantitative estimate of drug-likeness (QED) is 0.941. The largest absolute Gasteiger partial charge is 0.325 e. The van der Waals surface area contributed by atoms with Gasteiger partial charge in [0.2, 0.25) is 0 Å². The molecule has 1 aliphatic heterocycles. The maximum absolute atomic E-state index is 4.95. The highest BCUT2D eigenvalue weighted by Gasteiger charge is 2.37. The van der Waals surface area contributed by atoms with Gasteiger partial charge < -0.3 is 9.88 Å². The number of hydrogen-bond acceptors (Lipinski definition) is 3. The van der Waals surface area contributed by atoms with Gasteiger partial charge in [-0.05, 0) is 51.8 Å². The van der Waals surface area contributed by atoms with Crippen LogP contribution in [-0.4, -0.2) is 27.6 Å². The van der Waals surface area contributed by atoms with Gasteiger partial charge in [0, 0.05) is 17.7 Å². The van der Waals surface area contributed by atoms with Crippen LogP contribution < -0.4 is 5.32 Å². The summed E-state index contributed by atoms with van der Waals surface area (Å²) in [4.78, 5) is 9.19. The summed E-state index contributed by atoms with van der Waals surface area (Å²) in [6, 6.07) is 2.49. The molecular weight excluding hydrogens is 260 g/mol. The van der Waals surface area contributed by atoms with E-state index in [0.717, 1.165) is 18.6 Å². The molecule has 0 radical (unpaired) electrons. The number of fused-ring (bicyclic) bond motifs is 1. The molecule has 0 bridgehead atoms. The number of imidazole rings is 1. The number of aromatic nitrogens is 3. The molecule has 114 valence electrons. The Kier molecular flexibility index (Phi) is 3.74. The monoisotopic (exact) mass is 286 g/mol. The Morgan fingerprint density at radius 3 is 2.86 bits per heavy atom. The van der Waals surface area contributed by atoms with Crippen LogP contribution >= 0.6 is 0 Å². The fourth-order valence-electron chi connectivity index (χ4n) is 3.58. The highest BCUT2D eigenvalue weighted by Crippen LogP contribution is 2.37. The van der Waals surface area contributed by atoms with Crippen LogP contribution in [0, 0.1) is 5.92 Å². The summed E-state index contributed by atoms with van der Waals surface area (Å²) >= 11 is 0. The molecule has 4 nitrogen and oxygen atoms in total. The number of hydrogen-bond donors (Lipinski definition) is 1. The molecule has 1 unspecified atom stereocenters. The Bertz CT molecular complexity index is 621. The molecule has 0 amide bonds. The minimum absolute atomic E-state index is 0.0662. The van der Waals surface area contributed by atoms with Gasteiger partial charge in [0.1, 0.15) is 11.3 Å². The summed E-state index contributed by atoms with van der Waals surface area (Å²) in [5, 5.41) is 3.54. The molecular formula is C17H26N4. The third kappa shape index (κ3) is 2.46. The Balaban J connectivity index is 2.11. The first kappa shape index (κ1) is 14.5. The summed E-state index contributed by atoms with van der Waals surface area (Å²) in [5.41, 5.74) is 2.28. The van der Waals surface area contributed by atoms with E-state index < -0.39 is 0 Å². The van der Waals surface area contributed by atoms with Crippen LogP contribution in [0.4, 0.5) is 0 Å². The van der Waals surface area contributed by atoms with E-state index in [2.05, 4.69) is 48.6 Å². The van der Waals surface area contributed by atoms with E-state index in [9.17, 15) is 0 Å². The topological polar surface area (TPSA) is 42.7 Å². The maximum atomic E-state index is 4.95. The van der Waals surface area contributed by atoms with Gasteiger partial charge in [-0.25, -0.2) is 4.98 Å². The standard InChI is InChI=1S/C17H26N4/c1-12(2)21-15-7-9-19-11-14(15)20-16(21)17(3,4)13-6-5-8-18-10-13/h7,9,11-13,18H,5-6,8,10H2,1-4H3. The van der Waals surface area contributed by atoms with Crippen LogP contribution in [0.1, 0.15) is 52.4 Å². The Labute approximate surface area is 127 Å². The molecule has 2 aromatic heterocycles. The molecule has 0 aromatic carbocycles. The fraction of sp³-hybridized carbons (Fsp3) is 0.647. The molecule has 1 aliphatic rings. The van der Waals surface area contributed by atoms with Crippen molar-refractivity contribution in [2.75, 3.05) is 13.1 Å². The molecule has 4 heteroatoms. The number of rotatable bonds is 3. The highest BCUT2D eigenvalue weighted by atomic mass is 15.1. The van der Waals surface area contributed by atoms with Crippen molar-refractivity contribution in [3.8, 4) is 0 Å². The first-order chi connectivity index (χ1) is 10.0. The van der Waals surface area contributed by atoms with Gasteiger partial charge in [-0.2, -0.15) is 0 Å². The van der Waals surface area contributed by atoms with Crippen LogP contribution in [0.5, 0.6) is 0 Å². The van der Waals surface area contributed by atoms with E-state index in [0.29, 0.717) is 12.0 Å². The van der Waals surface area contributed by atoms with E-state index in [1.807, 2.05) is 12.4 Å². The Morgan fingerprint density at radius 1 is 1.38 bits per heavy atom. The second-order valence-electron chi connectivity index (χ2n) is 7.03. The molecule has 2 aromatic rings. The lowest BCUT2D eigenvalue weighted by Gasteiger charge is -2.37. The van der Waals surface area contributed by atoms with Crippen molar-refractivity contribution in [2.45, 2.75) is 52.0 Å². The van der Waals surface area contributed by atoms with Crippen LogP contribution in [-0.2, 0) is 5.41 Å². The Hall–Kier alpha value is -1.42. The third-order valence-corrected chi connectivity index (χ3v) is 4.90. The van der Waals surface area contributed by atoms with Gasteiger partial charge >= 0.3 is 0 Å². The SMILES string of the molecule is CC(C)n1c(C(C)(C)C2CCCNC2)nc2cnccc21. The first-order valence-corrected chi connectivity index (χ1v) is 8.05. The molecule has 0 spiro atoms. The molecule has 3 rings (SSSR count). The predicted octanol–water partition coefficient (Wildman–Crippen LogP) is 3.29. The second-order valence-corrected chi connectivity index (χ2v) is 7.03. The number of pyridine rings is 1. The fourth-order valence-corrected chi connectivity index (χ4v) is 3.58. The van der Waals surface area contributed by atoms with E-state index >= 15 is 0 Å². The van der Waals surface area contributed by atoms with Crippen LogP contribution in [0.25, 0.3) is 11.0 Å². The van der Waals surface area contributed by atoms with Crippen molar-refractivity contribution in [1.82, 2.24) is 19.9 Å². The molecule has 1 fully saturated rings. The summed E-state index contributed by atoms with van der Waals surface area (Å²) in [6.07, 6.45) is 6.28. The lowest BCUT2D eigenvalue weighted by Crippen LogP contribution is -2.42. The first-order valence-electron chi connectivity index (χ1n) is 8.05. The lowest BCUT2D eigenvalue weighted by molar-refractivity contribution is 0.234. The zero-order valence-corrected chi connectivity index (χ0v) is 13.6. The molecule has 1 N–H and O–H groups in total.